The monoisotopic (exact) mass is 256 g/mol. The number of amides is 1. The first kappa shape index (κ1) is 12.1. The number of hydrogen-bond donors (Lipinski definition) is 2. The largest absolute Gasteiger partial charge is 0.378 e. The number of nitrogens with zero attached hydrogens (tertiary/aromatic N) is 3. The van der Waals surface area contributed by atoms with Crippen LogP contribution in [0.1, 0.15) is 12.8 Å². The quantitative estimate of drug-likeness (QED) is 0.774. The second-order valence-electron chi connectivity index (χ2n) is 4.12. The van der Waals surface area contributed by atoms with Gasteiger partial charge in [-0.1, -0.05) is 11.6 Å². The van der Waals surface area contributed by atoms with Crippen molar-refractivity contribution in [2.24, 2.45) is 5.73 Å². The summed E-state index contributed by atoms with van der Waals surface area (Å²) in [6.45, 7) is 0.793. The molecule has 3 N–H and O–H groups in total. The Morgan fingerprint density at radius 1 is 1.53 bits per heavy atom. The minimum absolute atomic E-state index is 0.115. The minimum Gasteiger partial charge on any atom is -0.378 e. The first-order valence-electron chi connectivity index (χ1n) is 5.26. The van der Waals surface area contributed by atoms with Crippen molar-refractivity contribution in [3.05, 3.63) is 17.4 Å². The Kier molecular flexibility index (Phi) is 3.17. The van der Waals surface area contributed by atoms with E-state index in [0.29, 0.717) is 30.4 Å². The number of carbonyl (C=O) groups is 1. The Morgan fingerprint density at radius 2 is 2.18 bits per heavy atom. The average Bonchev–Trinajstić information content (AvgIpc) is 2.30. The highest BCUT2D eigenvalue weighted by atomic mass is 35.5. The normalized spacial score (nSPS) is 24.7. The third-order valence-corrected chi connectivity index (χ3v) is 3.01. The van der Waals surface area contributed by atoms with Crippen LogP contribution in [0.15, 0.2) is 12.4 Å². The predicted octanol–water partition coefficient (Wildman–Crippen LogP) is -0.0534. The number of hydrogen-bond acceptors (Lipinski definition) is 5. The maximum atomic E-state index is 11.2. The van der Waals surface area contributed by atoms with Crippen LogP contribution in [0.25, 0.3) is 0 Å². The van der Waals surface area contributed by atoms with Gasteiger partial charge in [-0.05, 0) is 12.8 Å². The number of primary amides is 1. The zero-order valence-corrected chi connectivity index (χ0v) is 9.89. The molecule has 0 radical (unpaired) electrons. The Labute approximate surface area is 103 Å². The zero-order chi connectivity index (χ0) is 12.5. The van der Waals surface area contributed by atoms with Crippen molar-refractivity contribution in [1.82, 2.24) is 9.97 Å². The lowest BCUT2D eigenvalue weighted by molar-refractivity contribution is -0.137. The van der Waals surface area contributed by atoms with Gasteiger partial charge in [-0.3, -0.25) is 4.79 Å². The number of β-amino-alcohol motifs (C(OH)–C–C–N with tert-alkyl or cyclic N) is 1. The van der Waals surface area contributed by atoms with Crippen LogP contribution in [0, 0.1) is 0 Å². The van der Waals surface area contributed by atoms with Gasteiger partial charge in [0.1, 0.15) is 0 Å². The van der Waals surface area contributed by atoms with Gasteiger partial charge in [0.2, 0.25) is 5.95 Å². The fourth-order valence-corrected chi connectivity index (χ4v) is 1.97. The Bertz CT molecular complexity index is 425. The predicted molar refractivity (Wildman–Crippen MR) is 62.6 cm³/mol. The van der Waals surface area contributed by atoms with E-state index in [1.807, 2.05) is 0 Å². The van der Waals surface area contributed by atoms with Crippen molar-refractivity contribution in [2.75, 3.05) is 18.0 Å². The van der Waals surface area contributed by atoms with Crippen molar-refractivity contribution in [3.63, 3.8) is 0 Å². The molecule has 17 heavy (non-hydrogen) atoms. The SMILES string of the molecule is NC(=O)C1(O)CCCN(c2ncc(Cl)cn2)C1. The number of anilines is 1. The second-order valence-corrected chi connectivity index (χ2v) is 4.56. The van der Waals surface area contributed by atoms with Crippen molar-refractivity contribution in [3.8, 4) is 0 Å². The van der Waals surface area contributed by atoms with E-state index in [4.69, 9.17) is 17.3 Å². The summed E-state index contributed by atoms with van der Waals surface area (Å²) in [5.74, 6) is -0.273. The molecular weight excluding hydrogens is 244 g/mol. The molecule has 7 heteroatoms. The van der Waals surface area contributed by atoms with Gasteiger partial charge < -0.3 is 15.7 Å². The van der Waals surface area contributed by atoms with Crippen LogP contribution in [0.3, 0.4) is 0 Å². The molecule has 0 spiro atoms. The van der Waals surface area contributed by atoms with Crippen molar-refractivity contribution in [2.45, 2.75) is 18.4 Å². The zero-order valence-electron chi connectivity index (χ0n) is 9.14. The van der Waals surface area contributed by atoms with Gasteiger partial charge in [-0.2, -0.15) is 0 Å². The highest BCUT2D eigenvalue weighted by Gasteiger charge is 2.39. The maximum Gasteiger partial charge on any atom is 0.251 e. The van der Waals surface area contributed by atoms with Gasteiger partial charge in [0.15, 0.2) is 5.60 Å². The number of aromatic nitrogens is 2. The molecule has 1 atom stereocenters. The fraction of sp³-hybridized carbons (Fsp3) is 0.500. The van der Waals surface area contributed by atoms with E-state index in [-0.39, 0.29) is 6.54 Å². The van der Waals surface area contributed by atoms with Crippen molar-refractivity contribution < 1.29 is 9.90 Å². The second kappa shape index (κ2) is 4.46. The molecule has 92 valence electrons. The summed E-state index contributed by atoms with van der Waals surface area (Å²) in [7, 11) is 0. The van der Waals surface area contributed by atoms with E-state index >= 15 is 0 Å². The fourth-order valence-electron chi connectivity index (χ4n) is 1.88. The topological polar surface area (TPSA) is 92.3 Å². The summed E-state index contributed by atoms with van der Waals surface area (Å²) in [6.07, 6.45) is 3.97. The number of piperidine rings is 1. The van der Waals surface area contributed by atoms with E-state index in [2.05, 4.69) is 9.97 Å². The van der Waals surface area contributed by atoms with Gasteiger partial charge in [0.05, 0.1) is 24.0 Å². The first-order valence-corrected chi connectivity index (χ1v) is 5.64. The third-order valence-electron chi connectivity index (χ3n) is 2.82. The van der Waals surface area contributed by atoms with Gasteiger partial charge in [0, 0.05) is 6.54 Å². The lowest BCUT2D eigenvalue weighted by atomic mass is 9.92. The highest BCUT2D eigenvalue weighted by molar-refractivity contribution is 6.30. The number of aliphatic hydroxyl groups is 1. The summed E-state index contributed by atoms with van der Waals surface area (Å²) < 4.78 is 0. The smallest absolute Gasteiger partial charge is 0.251 e. The molecule has 1 aliphatic heterocycles. The van der Waals surface area contributed by atoms with Crippen molar-refractivity contribution >= 4 is 23.5 Å². The van der Waals surface area contributed by atoms with E-state index in [1.165, 1.54) is 12.4 Å². The Morgan fingerprint density at radius 3 is 2.76 bits per heavy atom. The molecule has 1 aliphatic rings. The molecule has 1 aromatic heterocycles. The number of carbonyl (C=O) groups excluding carboxylic acids is 1. The van der Waals surface area contributed by atoms with Crippen LogP contribution >= 0.6 is 11.6 Å². The highest BCUT2D eigenvalue weighted by Crippen LogP contribution is 2.23. The van der Waals surface area contributed by atoms with Crippen LogP contribution in [0.5, 0.6) is 0 Å². The van der Waals surface area contributed by atoms with Gasteiger partial charge in [-0.25, -0.2) is 9.97 Å². The summed E-state index contributed by atoms with van der Waals surface area (Å²) >= 11 is 5.69. The van der Waals surface area contributed by atoms with Crippen LogP contribution in [-0.2, 0) is 4.79 Å². The van der Waals surface area contributed by atoms with E-state index < -0.39 is 11.5 Å². The number of rotatable bonds is 2. The number of nitrogens with two attached hydrogens (primary N) is 1. The van der Waals surface area contributed by atoms with E-state index in [0.717, 1.165) is 0 Å². The van der Waals surface area contributed by atoms with Crippen LogP contribution in [0.2, 0.25) is 5.02 Å². The molecule has 0 aromatic carbocycles. The standard InChI is InChI=1S/C10H13ClN4O2/c11-7-4-13-9(14-5-7)15-3-1-2-10(17,6-15)8(12)16/h4-5,17H,1-3,6H2,(H2,12,16). The molecule has 1 fully saturated rings. The summed E-state index contributed by atoms with van der Waals surface area (Å²) in [5.41, 5.74) is 3.69. The molecule has 1 saturated heterocycles. The van der Waals surface area contributed by atoms with Crippen molar-refractivity contribution in [1.29, 1.82) is 0 Å². The van der Waals surface area contributed by atoms with Gasteiger partial charge in [0.25, 0.3) is 5.91 Å². The summed E-state index contributed by atoms with van der Waals surface area (Å²) in [6, 6.07) is 0. The first-order chi connectivity index (χ1) is 8.01. The van der Waals surface area contributed by atoms with Gasteiger partial charge >= 0.3 is 0 Å². The molecule has 2 rings (SSSR count). The lowest BCUT2D eigenvalue weighted by Gasteiger charge is -2.36. The Balaban J connectivity index is 2.17. The molecule has 6 nitrogen and oxygen atoms in total. The molecule has 0 bridgehead atoms. The maximum absolute atomic E-state index is 11.2. The van der Waals surface area contributed by atoms with Crippen LogP contribution < -0.4 is 10.6 Å². The molecule has 2 heterocycles. The molecular formula is C10H13ClN4O2. The van der Waals surface area contributed by atoms with Gasteiger partial charge in [-0.15, -0.1) is 0 Å². The molecule has 0 aliphatic carbocycles. The molecule has 1 amide bonds. The lowest BCUT2D eigenvalue weighted by Crippen LogP contribution is -2.56. The average molecular weight is 257 g/mol. The molecule has 1 unspecified atom stereocenters. The summed E-state index contributed by atoms with van der Waals surface area (Å²) in [5, 5.41) is 10.5. The van der Waals surface area contributed by atoms with E-state index in [9.17, 15) is 9.90 Å². The summed E-state index contributed by atoms with van der Waals surface area (Å²) in [4.78, 5) is 21.0. The van der Waals surface area contributed by atoms with Crippen LogP contribution in [-0.4, -0.2) is 39.7 Å². The molecule has 1 aromatic rings. The Hall–Kier alpha value is -1.40. The van der Waals surface area contributed by atoms with E-state index in [1.54, 1.807) is 4.90 Å². The number of halogens is 1. The molecule has 0 saturated carbocycles. The van der Waals surface area contributed by atoms with Crippen LogP contribution in [0.4, 0.5) is 5.95 Å². The minimum atomic E-state index is -1.50. The third kappa shape index (κ3) is 2.48.